The van der Waals surface area contributed by atoms with Gasteiger partial charge in [0.15, 0.2) is 5.11 Å². The van der Waals surface area contributed by atoms with Crippen molar-refractivity contribution in [3.8, 4) is 0 Å². The third-order valence-electron chi connectivity index (χ3n) is 2.96. The lowest BCUT2D eigenvalue weighted by atomic mass is 10.1. The summed E-state index contributed by atoms with van der Waals surface area (Å²) in [7, 11) is 0. The predicted molar refractivity (Wildman–Crippen MR) is 98.8 cm³/mol. The summed E-state index contributed by atoms with van der Waals surface area (Å²) in [6, 6.07) is 13.3. The van der Waals surface area contributed by atoms with Crippen LogP contribution in [0.1, 0.15) is 21.5 Å². The maximum atomic E-state index is 12.1. The van der Waals surface area contributed by atoms with Crippen LogP contribution in [0.3, 0.4) is 0 Å². The van der Waals surface area contributed by atoms with E-state index in [9.17, 15) is 4.79 Å². The number of halogens is 1. The smallest absolute Gasteiger partial charge is 0.257 e. The summed E-state index contributed by atoms with van der Waals surface area (Å²) in [5, 5.41) is 6.03. The van der Waals surface area contributed by atoms with Crippen LogP contribution < -0.4 is 10.6 Å². The lowest BCUT2D eigenvalue weighted by Crippen LogP contribution is -2.34. The number of benzene rings is 2. The monoisotopic (exact) mass is 410 g/mol. The van der Waals surface area contributed by atoms with Crippen molar-refractivity contribution in [3.05, 3.63) is 62.7 Å². The highest BCUT2D eigenvalue weighted by molar-refractivity contribution is 14.1. The standard InChI is InChI=1S/C16H15IN2OS/c1-10-3-8-14(11(2)9-10)18-16(21)19-15(20)12-4-6-13(17)7-5-12/h3-9H,1-2H3,(H2,18,19,20,21). The number of aryl methyl sites for hydroxylation is 2. The number of carbonyl (C=O) groups excluding carboxylic acids is 1. The van der Waals surface area contributed by atoms with Crippen LogP contribution in [0, 0.1) is 17.4 Å². The second kappa shape index (κ2) is 7.00. The summed E-state index contributed by atoms with van der Waals surface area (Å²) in [5.74, 6) is -0.214. The molecule has 0 fully saturated rings. The largest absolute Gasteiger partial charge is 0.332 e. The van der Waals surface area contributed by atoms with Gasteiger partial charge in [0, 0.05) is 14.8 Å². The molecule has 0 radical (unpaired) electrons. The fourth-order valence-corrected chi connectivity index (χ4v) is 2.45. The van der Waals surface area contributed by atoms with E-state index in [0.29, 0.717) is 10.7 Å². The molecule has 2 aromatic rings. The normalized spacial score (nSPS) is 10.0. The molecule has 0 saturated carbocycles. The molecule has 2 rings (SSSR count). The van der Waals surface area contributed by atoms with Gasteiger partial charge in [0.2, 0.25) is 0 Å². The molecular formula is C16H15IN2OS. The molecule has 0 saturated heterocycles. The summed E-state index contributed by atoms with van der Waals surface area (Å²) in [5.41, 5.74) is 3.75. The van der Waals surface area contributed by atoms with Gasteiger partial charge < -0.3 is 5.32 Å². The van der Waals surface area contributed by atoms with E-state index in [0.717, 1.165) is 14.8 Å². The van der Waals surface area contributed by atoms with E-state index in [1.165, 1.54) is 5.56 Å². The summed E-state index contributed by atoms with van der Waals surface area (Å²) in [6.45, 7) is 4.03. The van der Waals surface area contributed by atoms with Crippen LogP contribution in [-0.4, -0.2) is 11.0 Å². The van der Waals surface area contributed by atoms with Crippen molar-refractivity contribution in [1.82, 2.24) is 5.32 Å². The van der Waals surface area contributed by atoms with Crippen molar-refractivity contribution < 1.29 is 4.79 Å². The van der Waals surface area contributed by atoms with E-state index in [1.807, 2.05) is 38.1 Å². The van der Waals surface area contributed by atoms with Crippen molar-refractivity contribution in [3.63, 3.8) is 0 Å². The number of thiocarbonyl (C=S) groups is 1. The number of carbonyl (C=O) groups is 1. The molecule has 1 amide bonds. The highest BCUT2D eigenvalue weighted by atomic mass is 127. The first kappa shape index (κ1) is 15.9. The van der Waals surface area contributed by atoms with Gasteiger partial charge in [-0.15, -0.1) is 0 Å². The molecule has 0 atom stereocenters. The van der Waals surface area contributed by atoms with E-state index in [-0.39, 0.29) is 5.91 Å². The van der Waals surface area contributed by atoms with Gasteiger partial charge in [-0.3, -0.25) is 10.1 Å². The molecular weight excluding hydrogens is 395 g/mol. The van der Waals surface area contributed by atoms with Crippen LogP contribution in [0.5, 0.6) is 0 Å². The number of rotatable bonds is 2. The Morgan fingerprint density at radius 3 is 2.38 bits per heavy atom. The predicted octanol–water partition coefficient (Wildman–Crippen LogP) is 4.03. The Morgan fingerprint density at radius 2 is 1.76 bits per heavy atom. The van der Waals surface area contributed by atoms with Crippen molar-refractivity contribution in [1.29, 1.82) is 0 Å². The molecule has 0 aromatic heterocycles. The summed E-state index contributed by atoms with van der Waals surface area (Å²) in [4.78, 5) is 12.1. The lowest BCUT2D eigenvalue weighted by Gasteiger charge is -2.12. The number of hydrogen-bond acceptors (Lipinski definition) is 2. The quantitative estimate of drug-likeness (QED) is 0.580. The minimum absolute atomic E-state index is 0.214. The van der Waals surface area contributed by atoms with Gasteiger partial charge in [-0.1, -0.05) is 17.7 Å². The molecule has 0 aliphatic heterocycles. The van der Waals surface area contributed by atoms with Crippen LogP contribution in [0.25, 0.3) is 0 Å². The number of hydrogen-bond donors (Lipinski definition) is 2. The van der Waals surface area contributed by atoms with E-state index < -0.39 is 0 Å². The zero-order chi connectivity index (χ0) is 15.4. The summed E-state index contributed by atoms with van der Waals surface area (Å²) >= 11 is 7.38. The van der Waals surface area contributed by atoms with Crippen molar-refractivity contribution in [2.45, 2.75) is 13.8 Å². The molecule has 108 valence electrons. The average molecular weight is 410 g/mol. The van der Waals surface area contributed by atoms with Gasteiger partial charge in [-0.25, -0.2) is 0 Å². The van der Waals surface area contributed by atoms with E-state index in [4.69, 9.17) is 12.2 Å². The molecule has 0 aliphatic rings. The first-order valence-corrected chi connectivity index (χ1v) is 7.89. The third kappa shape index (κ3) is 4.50. The molecule has 2 aromatic carbocycles. The van der Waals surface area contributed by atoms with Crippen molar-refractivity contribution >= 4 is 51.5 Å². The summed E-state index contributed by atoms with van der Waals surface area (Å²) in [6.07, 6.45) is 0. The Morgan fingerprint density at radius 1 is 1.10 bits per heavy atom. The van der Waals surface area contributed by atoms with Crippen LogP contribution in [0.4, 0.5) is 5.69 Å². The molecule has 0 unspecified atom stereocenters. The molecule has 0 spiro atoms. The van der Waals surface area contributed by atoms with Crippen LogP contribution >= 0.6 is 34.8 Å². The van der Waals surface area contributed by atoms with E-state index >= 15 is 0 Å². The molecule has 2 N–H and O–H groups in total. The first-order valence-electron chi connectivity index (χ1n) is 6.41. The van der Waals surface area contributed by atoms with E-state index in [1.54, 1.807) is 12.1 Å². The molecule has 0 bridgehead atoms. The molecule has 5 heteroatoms. The second-order valence-electron chi connectivity index (χ2n) is 4.73. The maximum Gasteiger partial charge on any atom is 0.257 e. The molecule has 0 heterocycles. The van der Waals surface area contributed by atoms with Gasteiger partial charge in [0.1, 0.15) is 0 Å². The number of nitrogens with one attached hydrogen (secondary N) is 2. The van der Waals surface area contributed by atoms with Crippen LogP contribution in [0.15, 0.2) is 42.5 Å². The molecule has 3 nitrogen and oxygen atoms in total. The maximum absolute atomic E-state index is 12.1. The fourth-order valence-electron chi connectivity index (χ4n) is 1.88. The fraction of sp³-hybridized carbons (Fsp3) is 0.125. The van der Waals surface area contributed by atoms with Crippen molar-refractivity contribution in [2.24, 2.45) is 0 Å². The van der Waals surface area contributed by atoms with Crippen LogP contribution in [0.2, 0.25) is 0 Å². The Kier molecular flexibility index (Phi) is 5.30. The number of anilines is 1. The first-order chi connectivity index (χ1) is 9.95. The SMILES string of the molecule is Cc1ccc(NC(=S)NC(=O)c2ccc(I)cc2)c(C)c1. The topological polar surface area (TPSA) is 41.1 Å². The minimum Gasteiger partial charge on any atom is -0.332 e. The van der Waals surface area contributed by atoms with Gasteiger partial charge in [0.25, 0.3) is 5.91 Å². The highest BCUT2D eigenvalue weighted by Crippen LogP contribution is 2.15. The molecule has 0 aliphatic carbocycles. The van der Waals surface area contributed by atoms with Gasteiger partial charge in [0.05, 0.1) is 0 Å². The van der Waals surface area contributed by atoms with Crippen LogP contribution in [-0.2, 0) is 0 Å². The summed E-state index contributed by atoms with van der Waals surface area (Å²) < 4.78 is 1.08. The van der Waals surface area contributed by atoms with E-state index in [2.05, 4.69) is 39.3 Å². The Balaban J connectivity index is 2.01. The second-order valence-corrected chi connectivity index (χ2v) is 6.39. The molecule has 21 heavy (non-hydrogen) atoms. The zero-order valence-electron chi connectivity index (χ0n) is 11.7. The third-order valence-corrected chi connectivity index (χ3v) is 3.89. The lowest BCUT2D eigenvalue weighted by molar-refractivity contribution is 0.0977. The van der Waals surface area contributed by atoms with Gasteiger partial charge >= 0.3 is 0 Å². The minimum atomic E-state index is -0.214. The Hall–Kier alpha value is -1.47. The van der Waals surface area contributed by atoms with Gasteiger partial charge in [-0.05, 0) is 84.6 Å². The highest BCUT2D eigenvalue weighted by Gasteiger charge is 2.08. The average Bonchev–Trinajstić information content (AvgIpc) is 2.42. The van der Waals surface area contributed by atoms with Crippen molar-refractivity contribution in [2.75, 3.05) is 5.32 Å². The Bertz CT molecular complexity index is 683. The number of amides is 1. The Labute approximate surface area is 143 Å². The van der Waals surface area contributed by atoms with Gasteiger partial charge in [-0.2, -0.15) is 0 Å². The zero-order valence-corrected chi connectivity index (χ0v) is 14.7.